The summed E-state index contributed by atoms with van der Waals surface area (Å²) >= 11 is 1.15. The molecule has 1 aromatic heterocycles. The predicted octanol–water partition coefficient (Wildman–Crippen LogP) is 3.29. The van der Waals surface area contributed by atoms with Gasteiger partial charge in [-0.1, -0.05) is 48.5 Å². The van der Waals surface area contributed by atoms with Gasteiger partial charge in [-0.25, -0.2) is 13.4 Å². The maximum atomic E-state index is 12.4. The summed E-state index contributed by atoms with van der Waals surface area (Å²) < 4.78 is 24.8. The minimum absolute atomic E-state index is 0.0710. The lowest BCUT2D eigenvalue weighted by molar-refractivity contribution is -0.115. The van der Waals surface area contributed by atoms with Crippen LogP contribution in [0.5, 0.6) is 0 Å². The SMILES string of the molecule is CS(=O)(=O)Nc1nc(CC(=O)Nc2ccccc2Cc2ccccc2)cs1. The van der Waals surface area contributed by atoms with Gasteiger partial charge in [-0.2, -0.15) is 0 Å². The van der Waals surface area contributed by atoms with Crippen molar-refractivity contribution in [2.45, 2.75) is 12.8 Å². The molecule has 140 valence electrons. The molecule has 2 aromatic carbocycles. The summed E-state index contributed by atoms with van der Waals surface area (Å²) in [5, 5.41) is 4.85. The summed E-state index contributed by atoms with van der Waals surface area (Å²) in [5.41, 5.74) is 3.46. The maximum Gasteiger partial charge on any atom is 0.231 e. The van der Waals surface area contributed by atoms with Crippen LogP contribution in [0.1, 0.15) is 16.8 Å². The fourth-order valence-corrected chi connectivity index (χ4v) is 4.13. The summed E-state index contributed by atoms with van der Waals surface area (Å²) in [6, 6.07) is 17.7. The van der Waals surface area contributed by atoms with Gasteiger partial charge >= 0.3 is 0 Å². The Bertz CT molecular complexity index is 1030. The zero-order chi connectivity index (χ0) is 19.3. The Labute approximate surface area is 162 Å². The van der Waals surface area contributed by atoms with Crippen LogP contribution >= 0.6 is 11.3 Å². The van der Waals surface area contributed by atoms with Crippen molar-refractivity contribution in [2.75, 3.05) is 16.3 Å². The summed E-state index contributed by atoms with van der Waals surface area (Å²) in [6.07, 6.45) is 1.85. The average Bonchev–Trinajstić information content (AvgIpc) is 3.02. The standard InChI is InChI=1S/C19H19N3O3S2/c1-27(24,25)22-19-20-16(13-26-19)12-18(23)21-17-10-6-5-9-15(17)11-14-7-3-2-4-8-14/h2-10,13H,11-12H2,1H3,(H,20,22)(H,21,23). The number of rotatable bonds is 7. The lowest BCUT2D eigenvalue weighted by atomic mass is 10.0. The molecular weight excluding hydrogens is 382 g/mol. The normalized spacial score (nSPS) is 11.1. The maximum absolute atomic E-state index is 12.4. The second-order valence-corrected chi connectivity index (χ2v) is 8.67. The van der Waals surface area contributed by atoms with Crippen LogP contribution in [0.2, 0.25) is 0 Å². The van der Waals surface area contributed by atoms with E-state index in [1.54, 1.807) is 5.38 Å². The van der Waals surface area contributed by atoms with Crippen LogP contribution in [-0.2, 0) is 27.7 Å². The fourth-order valence-electron chi connectivity index (χ4n) is 2.56. The average molecular weight is 402 g/mol. The first kappa shape index (κ1) is 19.1. The molecule has 6 nitrogen and oxygen atoms in total. The molecule has 0 unspecified atom stereocenters. The van der Waals surface area contributed by atoms with Crippen molar-refractivity contribution in [1.29, 1.82) is 0 Å². The number of carbonyl (C=O) groups is 1. The van der Waals surface area contributed by atoms with Gasteiger partial charge in [-0.05, 0) is 23.6 Å². The molecular formula is C19H19N3O3S2. The molecule has 3 aromatic rings. The molecule has 0 aliphatic rings. The van der Waals surface area contributed by atoms with Crippen LogP contribution in [0.15, 0.2) is 60.0 Å². The van der Waals surface area contributed by atoms with Crippen LogP contribution in [-0.4, -0.2) is 25.6 Å². The van der Waals surface area contributed by atoms with Crippen molar-refractivity contribution in [3.8, 4) is 0 Å². The van der Waals surface area contributed by atoms with Crippen molar-refractivity contribution >= 4 is 38.1 Å². The first-order chi connectivity index (χ1) is 12.9. The zero-order valence-corrected chi connectivity index (χ0v) is 16.3. The molecule has 2 N–H and O–H groups in total. The molecule has 1 heterocycles. The van der Waals surface area contributed by atoms with E-state index in [9.17, 15) is 13.2 Å². The van der Waals surface area contributed by atoms with Crippen LogP contribution in [0.4, 0.5) is 10.8 Å². The molecule has 0 saturated carbocycles. The molecule has 0 aliphatic carbocycles. The van der Waals surface area contributed by atoms with Gasteiger partial charge in [0, 0.05) is 11.1 Å². The number of benzene rings is 2. The molecule has 27 heavy (non-hydrogen) atoms. The van der Waals surface area contributed by atoms with Gasteiger partial charge in [0.15, 0.2) is 5.13 Å². The summed E-state index contributed by atoms with van der Waals surface area (Å²) in [7, 11) is -3.38. The lowest BCUT2D eigenvalue weighted by Crippen LogP contribution is -2.16. The van der Waals surface area contributed by atoms with Crippen molar-refractivity contribution in [3.05, 3.63) is 76.8 Å². The largest absolute Gasteiger partial charge is 0.325 e. The highest BCUT2D eigenvalue weighted by Gasteiger charge is 2.12. The van der Waals surface area contributed by atoms with Crippen molar-refractivity contribution in [1.82, 2.24) is 4.98 Å². The number of aromatic nitrogens is 1. The van der Waals surface area contributed by atoms with E-state index in [0.29, 0.717) is 5.69 Å². The first-order valence-corrected chi connectivity index (χ1v) is 11.0. The highest BCUT2D eigenvalue weighted by molar-refractivity contribution is 7.92. The van der Waals surface area contributed by atoms with E-state index in [4.69, 9.17) is 0 Å². The van der Waals surface area contributed by atoms with Crippen molar-refractivity contribution in [3.63, 3.8) is 0 Å². The number of hydrogen-bond donors (Lipinski definition) is 2. The van der Waals surface area contributed by atoms with Gasteiger partial charge < -0.3 is 5.32 Å². The van der Waals surface area contributed by atoms with Crippen LogP contribution in [0.25, 0.3) is 0 Å². The predicted molar refractivity (Wildman–Crippen MR) is 109 cm³/mol. The molecule has 3 rings (SSSR count). The number of nitrogens with zero attached hydrogens (tertiary/aromatic N) is 1. The quantitative estimate of drug-likeness (QED) is 0.636. The Morgan fingerprint density at radius 3 is 2.52 bits per heavy atom. The molecule has 0 radical (unpaired) electrons. The molecule has 0 bridgehead atoms. The van der Waals surface area contributed by atoms with Gasteiger partial charge in [0.05, 0.1) is 18.4 Å². The third-order valence-corrected chi connectivity index (χ3v) is 5.19. The fraction of sp³-hybridized carbons (Fsp3) is 0.158. The van der Waals surface area contributed by atoms with E-state index >= 15 is 0 Å². The Hall–Kier alpha value is -2.71. The number of carbonyl (C=O) groups excluding carboxylic acids is 1. The third kappa shape index (κ3) is 5.90. The number of nitrogens with one attached hydrogen (secondary N) is 2. The van der Waals surface area contributed by atoms with Crippen LogP contribution in [0, 0.1) is 0 Å². The number of hydrogen-bond acceptors (Lipinski definition) is 5. The Morgan fingerprint density at radius 1 is 1.07 bits per heavy atom. The zero-order valence-electron chi connectivity index (χ0n) is 14.7. The second kappa shape index (κ2) is 8.32. The first-order valence-electron chi connectivity index (χ1n) is 8.23. The minimum atomic E-state index is -3.38. The van der Waals surface area contributed by atoms with Crippen LogP contribution < -0.4 is 10.0 Å². The summed E-state index contributed by atoms with van der Waals surface area (Å²) in [4.78, 5) is 16.5. The number of amides is 1. The van der Waals surface area contributed by atoms with Gasteiger partial charge in [-0.3, -0.25) is 9.52 Å². The van der Waals surface area contributed by atoms with Crippen molar-refractivity contribution in [2.24, 2.45) is 0 Å². The Morgan fingerprint density at radius 2 is 1.78 bits per heavy atom. The number of sulfonamides is 1. The molecule has 0 spiro atoms. The lowest BCUT2D eigenvalue weighted by Gasteiger charge is -2.11. The molecule has 8 heteroatoms. The number of thiazole rings is 1. The monoisotopic (exact) mass is 401 g/mol. The van der Waals surface area contributed by atoms with Gasteiger partial charge in [0.1, 0.15) is 0 Å². The van der Waals surface area contributed by atoms with Gasteiger partial charge in [0.2, 0.25) is 15.9 Å². The third-order valence-electron chi connectivity index (χ3n) is 3.69. The van der Waals surface area contributed by atoms with E-state index in [2.05, 4.69) is 15.0 Å². The van der Waals surface area contributed by atoms with E-state index in [0.717, 1.165) is 40.8 Å². The highest BCUT2D eigenvalue weighted by atomic mass is 32.2. The van der Waals surface area contributed by atoms with E-state index in [1.807, 2.05) is 54.6 Å². The topological polar surface area (TPSA) is 88.2 Å². The van der Waals surface area contributed by atoms with E-state index < -0.39 is 10.0 Å². The highest BCUT2D eigenvalue weighted by Crippen LogP contribution is 2.20. The number of para-hydroxylation sites is 1. The number of anilines is 2. The molecule has 0 fully saturated rings. The second-order valence-electron chi connectivity index (χ2n) is 6.06. The van der Waals surface area contributed by atoms with Crippen LogP contribution in [0.3, 0.4) is 0 Å². The molecule has 0 atom stereocenters. The Kier molecular flexibility index (Phi) is 5.88. The molecule has 0 saturated heterocycles. The molecule has 0 aliphatic heterocycles. The molecule has 1 amide bonds. The Balaban J connectivity index is 1.66. The smallest absolute Gasteiger partial charge is 0.231 e. The van der Waals surface area contributed by atoms with Crippen molar-refractivity contribution < 1.29 is 13.2 Å². The van der Waals surface area contributed by atoms with E-state index in [1.165, 1.54) is 0 Å². The summed E-state index contributed by atoms with van der Waals surface area (Å²) in [5.74, 6) is -0.202. The minimum Gasteiger partial charge on any atom is -0.325 e. The summed E-state index contributed by atoms with van der Waals surface area (Å²) in [6.45, 7) is 0. The van der Waals surface area contributed by atoms with Gasteiger partial charge in [-0.15, -0.1) is 11.3 Å². The van der Waals surface area contributed by atoms with Gasteiger partial charge in [0.25, 0.3) is 0 Å². The van der Waals surface area contributed by atoms with E-state index in [-0.39, 0.29) is 17.5 Å².